The molecule has 0 saturated heterocycles. The van der Waals surface area contributed by atoms with E-state index >= 15 is 0 Å². The molecular formula is C15H26N2. The number of rotatable bonds is 7. The molecule has 96 valence electrons. The van der Waals surface area contributed by atoms with Gasteiger partial charge in [0, 0.05) is 31.1 Å². The van der Waals surface area contributed by atoms with E-state index < -0.39 is 0 Å². The SMILES string of the molecule is CCCC(\C=C/N=C\C=C(\C)CC)C(C)=NC. The van der Waals surface area contributed by atoms with Gasteiger partial charge in [-0.1, -0.05) is 31.9 Å². The fourth-order valence-electron chi connectivity index (χ4n) is 1.41. The molecule has 0 fully saturated rings. The van der Waals surface area contributed by atoms with Crippen molar-refractivity contribution in [2.24, 2.45) is 15.9 Å². The number of aliphatic imine (C=N–C) groups is 2. The summed E-state index contributed by atoms with van der Waals surface area (Å²) in [6.45, 7) is 8.54. The topological polar surface area (TPSA) is 24.7 Å². The largest absolute Gasteiger partial charge is 0.297 e. The third kappa shape index (κ3) is 7.67. The van der Waals surface area contributed by atoms with Crippen molar-refractivity contribution < 1.29 is 0 Å². The fourth-order valence-corrected chi connectivity index (χ4v) is 1.41. The number of hydrogen-bond donors (Lipinski definition) is 0. The van der Waals surface area contributed by atoms with Crippen molar-refractivity contribution in [3.63, 3.8) is 0 Å². The maximum Gasteiger partial charge on any atom is 0.0276 e. The molecule has 0 aromatic heterocycles. The second-order valence-electron chi connectivity index (χ2n) is 4.27. The molecule has 0 aliphatic rings. The highest BCUT2D eigenvalue weighted by atomic mass is 14.7. The molecule has 0 N–H and O–H groups in total. The van der Waals surface area contributed by atoms with Crippen LogP contribution >= 0.6 is 0 Å². The van der Waals surface area contributed by atoms with Crippen molar-refractivity contribution in [2.75, 3.05) is 7.05 Å². The van der Waals surface area contributed by atoms with E-state index in [9.17, 15) is 0 Å². The second kappa shape index (κ2) is 10.0. The highest BCUT2D eigenvalue weighted by Crippen LogP contribution is 2.10. The zero-order valence-electron chi connectivity index (χ0n) is 11.9. The predicted molar refractivity (Wildman–Crippen MR) is 79.1 cm³/mol. The van der Waals surface area contributed by atoms with Crippen LogP contribution in [0.3, 0.4) is 0 Å². The first-order chi connectivity index (χ1) is 8.15. The van der Waals surface area contributed by atoms with Gasteiger partial charge in [-0.2, -0.15) is 0 Å². The van der Waals surface area contributed by atoms with Crippen LogP contribution in [0.4, 0.5) is 0 Å². The molecule has 0 aromatic carbocycles. The van der Waals surface area contributed by atoms with Crippen molar-refractivity contribution in [2.45, 2.75) is 47.0 Å². The van der Waals surface area contributed by atoms with E-state index in [0.717, 1.165) is 12.8 Å². The summed E-state index contributed by atoms with van der Waals surface area (Å²) in [6.07, 6.45) is 11.3. The average molecular weight is 234 g/mol. The molecule has 0 amide bonds. The molecule has 0 aromatic rings. The number of nitrogens with zero attached hydrogens (tertiary/aromatic N) is 2. The molecule has 0 rings (SSSR count). The van der Waals surface area contributed by atoms with Crippen LogP contribution in [0.1, 0.15) is 47.0 Å². The van der Waals surface area contributed by atoms with Crippen LogP contribution in [0.25, 0.3) is 0 Å². The summed E-state index contributed by atoms with van der Waals surface area (Å²) in [5.41, 5.74) is 2.53. The van der Waals surface area contributed by atoms with Crippen LogP contribution in [0.2, 0.25) is 0 Å². The third-order valence-electron chi connectivity index (χ3n) is 2.90. The molecule has 17 heavy (non-hydrogen) atoms. The monoisotopic (exact) mass is 234 g/mol. The summed E-state index contributed by atoms with van der Waals surface area (Å²) < 4.78 is 0. The van der Waals surface area contributed by atoms with Crippen LogP contribution in [0, 0.1) is 5.92 Å². The Morgan fingerprint density at radius 3 is 2.47 bits per heavy atom. The number of allylic oxidation sites excluding steroid dienone is 3. The lowest BCUT2D eigenvalue weighted by Gasteiger charge is -2.09. The van der Waals surface area contributed by atoms with Gasteiger partial charge >= 0.3 is 0 Å². The summed E-state index contributed by atoms with van der Waals surface area (Å²) in [5.74, 6) is 0.429. The molecule has 0 radical (unpaired) electrons. The first-order valence-electron chi connectivity index (χ1n) is 6.44. The van der Waals surface area contributed by atoms with E-state index in [0.29, 0.717) is 5.92 Å². The highest BCUT2D eigenvalue weighted by molar-refractivity contribution is 5.85. The highest BCUT2D eigenvalue weighted by Gasteiger charge is 2.05. The van der Waals surface area contributed by atoms with Crippen LogP contribution in [-0.2, 0) is 0 Å². The minimum atomic E-state index is 0.429. The van der Waals surface area contributed by atoms with E-state index in [1.165, 1.54) is 17.7 Å². The van der Waals surface area contributed by atoms with Crippen LogP contribution < -0.4 is 0 Å². The molecule has 0 aliphatic carbocycles. The van der Waals surface area contributed by atoms with Gasteiger partial charge in [-0.05, 0) is 32.8 Å². The van der Waals surface area contributed by atoms with Crippen molar-refractivity contribution in [1.82, 2.24) is 0 Å². The van der Waals surface area contributed by atoms with Gasteiger partial charge in [0.05, 0.1) is 0 Å². The molecule has 0 aliphatic heterocycles. The Labute approximate surface area is 106 Å². The maximum absolute atomic E-state index is 4.26. The minimum absolute atomic E-state index is 0.429. The zero-order valence-corrected chi connectivity index (χ0v) is 11.9. The van der Waals surface area contributed by atoms with Gasteiger partial charge in [-0.25, -0.2) is 0 Å². The summed E-state index contributed by atoms with van der Waals surface area (Å²) in [7, 11) is 1.85. The van der Waals surface area contributed by atoms with Gasteiger partial charge in [0.1, 0.15) is 0 Å². The number of hydrogen-bond acceptors (Lipinski definition) is 2. The molecule has 1 unspecified atom stereocenters. The van der Waals surface area contributed by atoms with Crippen molar-refractivity contribution in [3.05, 3.63) is 23.9 Å². The first kappa shape index (κ1) is 15.8. The lowest BCUT2D eigenvalue weighted by atomic mass is 9.99. The average Bonchev–Trinajstić information content (AvgIpc) is 2.35. The Hall–Kier alpha value is -1.18. The molecule has 2 heteroatoms. The van der Waals surface area contributed by atoms with Crippen LogP contribution in [0.5, 0.6) is 0 Å². The lowest BCUT2D eigenvalue weighted by molar-refractivity contribution is 0.716. The summed E-state index contributed by atoms with van der Waals surface area (Å²) >= 11 is 0. The normalized spacial score (nSPS) is 16.1. The minimum Gasteiger partial charge on any atom is -0.297 e. The van der Waals surface area contributed by atoms with Gasteiger partial charge in [-0.15, -0.1) is 0 Å². The van der Waals surface area contributed by atoms with Crippen molar-refractivity contribution in [1.29, 1.82) is 0 Å². The maximum atomic E-state index is 4.26. The zero-order chi connectivity index (χ0) is 13.1. The van der Waals surface area contributed by atoms with Gasteiger partial charge in [0.2, 0.25) is 0 Å². The van der Waals surface area contributed by atoms with E-state index in [1.807, 2.05) is 19.5 Å². The van der Waals surface area contributed by atoms with Gasteiger partial charge in [0.15, 0.2) is 0 Å². The van der Waals surface area contributed by atoms with Gasteiger partial charge in [-0.3, -0.25) is 9.98 Å². The van der Waals surface area contributed by atoms with E-state index in [2.05, 4.69) is 49.8 Å². The fraction of sp³-hybridized carbons (Fsp3) is 0.600. The van der Waals surface area contributed by atoms with E-state index in [1.54, 1.807) is 0 Å². The molecule has 0 saturated carbocycles. The standard InChI is InChI=1S/C15H26N2/c1-6-8-15(14(4)16-5)10-12-17-11-9-13(3)7-2/h9-12,15H,6-8H2,1-5H3/b12-10-,13-9-,16-14?,17-11-. The molecule has 0 spiro atoms. The van der Waals surface area contributed by atoms with Crippen molar-refractivity contribution in [3.8, 4) is 0 Å². The van der Waals surface area contributed by atoms with Crippen molar-refractivity contribution >= 4 is 11.9 Å². The Kier molecular flexibility index (Phi) is 9.31. The molecule has 1 atom stereocenters. The quantitative estimate of drug-likeness (QED) is 0.582. The van der Waals surface area contributed by atoms with Crippen LogP contribution in [0.15, 0.2) is 33.9 Å². The second-order valence-corrected chi connectivity index (χ2v) is 4.27. The molecular weight excluding hydrogens is 208 g/mol. The molecule has 2 nitrogen and oxygen atoms in total. The summed E-state index contributed by atoms with van der Waals surface area (Å²) in [6, 6.07) is 0. The Balaban J connectivity index is 4.36. The summed E-state index contributed by atoms with van der Waals surface area (Å²) in [5, 5.41) is 0. The molecule has 0 heterocycles. The Bertz CT molecular complexity index is 309. The Morgan fingerprint density at radius 2 is 1.94 bits per heavy atom. The van der Waals surface area contributed by atoms with Crippen LogP contribution in [-0.4, -0.2) is 19.0 Å². The van der Waals surface area contributed by atoms with Gasteiger partial charge < -0.3 is 0 Å². The van der Waals surface area contributed by atoms with E-state index in [4.69, 9.17) is 0 Å². The first-order valence-corrected chi connectivity index (χ1v) is 6.44. The predicted octanol–water partition coefficient (Wildman–Crippen LogP) is 4.43. The lowest BCUT2D eigenvalue weighted by Crippen LogP contribution is -2.07. The smallest absolute Gasteiger partial charge is 0.0276 e. The van der Waals surface area contributed by atoms with Gasteiger partial charge in [0.25, 0.3) is 0 Å². The Morgan fingerprint density at radius 1 is 1.24 bits per heavy atom. The molecule has 0 bridgehead atoms. The summed E-state index contributed by atoms with van der Waals surface area (Å²) in [4.78, 5) is 8.51. The van der Waals surface area contributed by atoms with E-state index in [-0.39, 0.29) is 0 Å². The third-order valence-corrected chi connectivity index (χ3v) is 2.90.